The molecule has 262 valence electrons. The minimum absolute atomic E-state index is 0. The van der Waals surface area contributed by atoms with E-state index < -0.39 is 72.7 Å². The highest BCUT2D eigenvalue weighted by Gasteiger charge is 2.22. The summed E-state index contributed by atoms with van der Waals surface area (Å²) in [6.45, 7) is 4.51. The maximum absolute atomic E-state index is 11.8. The average Bonchev–Trinajstić information content (AvgIpc) is 2.71. The Morgan fingerprint density at radius 3 is 1.17 bits per heavy atom. The van der Waals surface area contributed by atoms with Gasteiger partial charge in [-0.15, -0.1) is 0 Å². The summed E-state index contributed by atoms with van der Waals surface area (Å²) in [5.41, 5.74) is 0. The fraction of sp³-hybridized carbons (Fsp3) is 0.800. The first-order chi connectivity index (χ1) is 14.8. The SMILES string of the molecule is C.C.C.C.C.C.C.C.C.C.CC(O)C(=O)CCOC(=O)C(C)OC(=O)CCC(=O)OC(C)C(=O)CCOC(=O)C(C)O. The first-order valence-corrected chi connectivity index (χ1v) is 9.98. The molecule has 0 aliphatic rings. The molecule has 0 saturated heterocycles. The van der Waals surface area contributed by atoms with Gasteiger partial charge in [0.05, 0.1) is 26.1 Å². The quantitative estimate of drug-likeness (QED) is 0.167. The Labute approximate surface area is 258 Å². The van der Waals surface area contributed by atoms with Gasteiger partial charge < -0.3 is 29.2 Å². The van der Waals surface area contributed by atoms with Crippen molar-refractivity contribution >= 4 is 35.4 Å². The summed E-state index contributed by atoms with van der Waals surface area (Å²) in [7, 11) is 0. The van der Waals surface area contributed by atoms with Gasteiger partial charge in [0, 0.05) is 12.8 Å². The molecule has 0 heterocycles. The smallest absolute Gasteiger partial charge is 0.347 e. The normalized spacial score (nSPS) is 10.9. The van der Waals surface area contributed by atoms with Gasteiger partial charge in [-0.05, 0) is 27.7 Å². The summed E-state index contributed by atoms with van der Waals surface area (Å²) in [6, 6.07) is 0. The number of aliphatic hydroxyl groups excluding tert-OH is 2. The molecule has 0 bridgehead atoms. The monoisotopic (exact) mass is 622 g/mol. The van der Waals surface area contributed by atoms with Crippen LogP contribution in [0.3, 0.4) is 0 Å². The fourth-order valence-corrected chi connectivity index (χ4v) is 1.98. The van der Waals surface area contributed by atoms with Crippen LogP contribution in [-0.4, -0.2) is 83.3 Å². The van der Waals surface area contributed by atoms with Crippen LogP contribution in [0.25, 0.3) is 0 Å². The summed E-state index contributed by atoms with van der Waals surface area (Å²) < 4.78 is 19.1. The molecular formula is C30H70O12. The van der Waals surface area contributed by atoms with Crippen molar-refractivity contribution in [1.82, 2.24) is 0 Å². The number of ether oxygens (including phenoxy) is 4. The van der Waals surface area contributed by atoms with E-state index in [-0.39, 0.29) is 100 Å². The number of carbonyl (C=O) groups excluding carboxylic acids is 6. The van der Waals surface area contributed by atoms with Crippen molar-refractivity contribution in [3.8, 4) is 0 Å². The Hall–Kier alpha value is -2.86. The van der Waals surface area contributed by atoms with Crippen LogP contribution in [0.4, 0.5) is 0 Å². The van der Waals surface area contributed by atoms with E-state index in [2.05, 4.69) is 4.74 Å². The highest BCUT2D eigenvalue weighted by atomic mass is 16.6. The Kier molecular flexibility index (Phi) is 65.3. The Morgan fingerprint density at radius 1 is 0.476 bits per heavy atom. The molecule has 12 nitrogen and oxygen atoms in total. The summed E-state index contributed by atoms with van der Waals surface area (Å²) >= 11 is 0. The number of aliphatic hydroxyl groups is 2. The van der Waals surface area contributed by atoms with E-state index >= 15 is 0 Å². The van der Waals surface area contributed by atoms with E-state index in [4.69, 9.17) is 24.4 Å². The van der Waals surface area contributed by atoms with Crippen molar-refractivity contribution in [3.63, 3.8) is 0 Å². The topological polar surface area (TPSA) is 180 Å². The standard InChI is InChI=1S/C20H30O12.10CH4/c1-11(21)15(23)7-9-30-20(28)14(4)32-18(26)6-5-17(25)31-13(3)16(24)8-10-29-19(27)12(2)22;;;;;;;;;;/h11-14,21-22H,5-10H2,1-4H3;10*1H4. The molecule has 4 atom stereocenters. The number of rotatable bonds is 15. The number of esters is 4. The van der Waals surface area contributed by atoms with Crippen LogP contribution < -0.4 is 0 Å². The molecule has 2 N–H and O–H groups in total. The molecule has 0 saturated carbocycles. The largest absolute Gasteiger partial charge is 0.463 e. The van der Waals surface area contributed by atoms with Crippen LogP contribution >= 0.6 is 0 Å². The lowest BCUT2D eigenvalue weighted by Gasteiger charge is -2.14. The highest BCUT2D eigenvalue weighted by Crippen LogP contribution is 2.05. The number of hydrogen-bond acceptors (Lipinski definition) is 12. The van der Waals surface area contributed by atoms with E-state index in [1.165, 1.54) is 27.7 Å². The molecule has 0 aliphatic heterocycles. The van der Waals surface area contributed by atoms with E-state index in [0.717, 1.165) is 0 Å². The molecule has 0 aromatic heterocycles. The molecule has 0 rings (SSSR count). The molecule has 0 aromatic carbocycles. The van der Waals surface area contributed by atoms with E-state index in [9.17, 15) is 28.8 Å². The van der Waals surface area contributed by atoms with E-state index in [1.807, 2.05) is 0 Å². The number of carbonyl (C=O) groups is 6. The van der Waals surface area contributed by atoms with Crippen LogP contribution in [0, 0.1) is 0 Å². The van der Waals surface area contributed by atoms with Crippen molar-refractivity contribution in [3.05, 3.63) is 0 Å². The van der Waals surface area contributed by atoms with E-state index in [1.54, 1.807) is 0 Å². The van der Waals surface area contributed by atoms with Gasteiger partial charge in [0.25, 0.3) is 0 Å². The molecular weight excluding hydrogens is 552 g/mol. The summed E-state index contributed by atoms with van der Waals surface area (Å²) in [6.07, 6.45) is -6.12. The zero-order valence-electron chi connectivity index (χ0n) is 18.5. The molecule has 0 aliphatic carbocycles. The Bertz CT molecular complexity index is 630. The predicted molar refractivity (Wildman–Crippen MR) is 172 cm³/mol. The molecule has 42 heavy (non-hydrogen) atoms. The second-order valence-corrected chi connectivity index (χ2v) is 6.88. The lowest BCUT2D eigenvalue weighted by atomic mass is 10.2. The third-order valence-corrected chi connectivity index (χ3v) is 3.93. The van der Waals surface area contributed by atoms with Crippen LogP contribution in [0.15, 0.2) is 0 Å². The minimum atomic E-state index is -1.32. The van der Waals surface area contributed by atoms with Crippen LogP contribution in [0.5, 0.6) is 0 Å². The average molecular weight is 623 g/mol. The molecule has 12 heteroatoms. The summed E-state index contributed by atoms with van der Waals surface area (Å²) in [4.78, 5) is 69.4. The van der Waals surface area contributed by atoms with Gasteiger partial charge in [-0.3, -0.25) is 19.2 Å². The Balaban J connectivity index is -0.000000107. The maximum atomic E-state index is 11.8. The second kappa shape index (κ2) is 38.1. The lowest BCUT2D eigenvalue weighted by molar-refractivity contribution is -0.168. The fourth-order valence-electron chi connectivity index (χ4n) is 1.98. The van der Waals surface area contributed by atoms with Crippen molar-refractivity contribution in [2.24, 2.45) is 0 Å². The molecule has 0 amide bonds. The van der Waals surface area contributed by atoms with Gasteiger partial charge in [-0.25, -0.2) is 9.59 Å². The van der Waals surface area contributed by atoms with Gasteiger partial charge in [0.1, 0.15) is 12.2 Å². The lowest BCUT2D eigenvalue weighted by Crippen LogP contribution is -2.29. The third kappa shape index (κ3) is 33.3. The molecule has 0 fully saturated rings. The highest BCUT2D eigenvalue weighted by molar-refractivity contribution is 5.86. The first-order valence-electron chi connectivity index (χ1n) is 9.98. The van der Waals surface area contributed by atoms with Gasteiger partial charge in [0.2, 0.25) is 0 Å². The van der Waals surface area contributed by atoms with Crippen molar-refractivity contribution in [1.29, 1.82) is 0 Å². The van der Waals surface area contributed by atoms with Crippen molar-refractivity contribution in [2.45, 2.75) is 152 Å². The van der Waals surface area contributed by atoms with Gasteiger partial charge in [-0.2, -0.15) is 0 Å². The van der Waals surface area contributed by atoms with Crippen molar-refractivity contribution < 1.29 is 57.9 Å². The van der Waals surface area contributed by atoms with Crippen LogP contribution in [0.2, 0.25) is 0 Å². The van der Waals surface area contributed by atoms with Crippen LogP contribution in [-0.2, 0) is 47.7 Å². The predicted octanol–water partition coefficient (Wildman–Crippen LogP) is 5.76. The van der Waals surface area contributed by atoms with Crippen molar-refractivity contribution in [2.75, 3.05) is 13.2 Å². The van der Waals surface area contributed by atoms with Gasteiger partial charge >= 0.3 is 23.9 Å². The maximum Gasteiger partial charge on any atom is 0.347 e. The summed E-state index contributed by atoms with van der Waals surface area (Å²) in [5, 5.41) is 18.0. The zero-order valence-corrected chi connectivity index (χ0v) is 18.5. The van der Waals surface area contributed by atoms with Gasteiger partial charge in [-0.1, -0.05) is 74.3 Å². The minimum Gasteiger partial charge on any atom is -0.463 e. The first kappa shape index (κ1) is 71.9. The molecule has 0 radical (unpaired) electrons. The van der Waals surface area contributed by atoms with Crippen LogP contribution in [0.1, 0.15) is 128 Å². The number of Topliss-reactive ketones (excluding diaryl/α,β-unsaturated/α-hetero) is 2. The van der Waals surface area contributed by atoms with Gasteiger partial charge in [0.15, 0.2) is 23.8 Å². The molecule has 0 spiro atoms. The Morgan fingerprint density at radius 2 is 0.810 bits per heavy atom. The second-order valence-electron chi connectivity index (χ2n) is 6.88. The number of hydrogen-bond donors (Lipinski definition) is 2. The molecule has 4 unspecified atom stereocenters. The summed E-state index contributed by atoms with van der Waals surface area (Å²) in [5.74, 6) is -4.53. The number of ketones is 2. The third-order valence-electron chi connectivity index (χ3n) is 3.93. The zero-order chi connectivity index (χ0) is 24.8. The molecule has 0 aromatic rings. The van der Waals surface area contributed by atoms with E-state index in [0.29, 0.717) is 0 Å².